The van der Waals surface area contributed by atoms with Crippen molar-refractivity contribution in [2.24, 2.45) is 0 Å². The van der Waals surface area contributed by atoms with E-state index in [9.17, 15) is 31.1 Å². The summed E-state index contributed by atoms with van der Waals surface area (Å²) < 4.78 is 91.6. The number of hydrogen-bond donors (Lipinski definition) is 0. The second-order valence-electron chi connectivity index (χ2n) is 10.5. The first kappa shape index (κ1) is 29.9. The molecule has 0 aliphatic heterocycles. The molecule has 2 rings (SSSR count). The zero-order chi connectivity index (χ0) is 27.7. The second-order valence-corrected chi connectivity index (χ2v) is 19.4. The van der Waals surface area contributed by atoms with Crippen molar-refractivity contribution in [3.8, 4) is 5.75 Å². The highest BCUT2D eigenvalue weighted by atomic mass is 28.4. The number of rotatable bonds is 8. The summed E-state index contributed by atoms with van der Waals surface area (Å²) in [5.74, 6) is -0.299. The van der Waals surface area contributed by atoms with Crippen LogP contribution < -0.4 is 4.43 Å². The number of carbonyl (C=O) groups is 1. The number of nitrogens with zero attached hydrogens (tertiary/aromatic N) is 1. The number of benzene rings is 2. The third kappa shape index (κ3) is 8.96. The molecule has 0 heterocycles. The lowest BCUT2D eigenvalue weighted by Gasteiger charge is -2.31. The number of likely N-dealkylation sites (N-methyl/N-ethyl adjacent to an activating group) is 1. The third-order valence-electron chi connectivity index (χ3n) is 4.79. The van der Waals surface area contributed by atoms with Crippen LogP contribution in [0, 0.1) is 0 Å². The summed E-state index contributed by atoms with van der Waals surface area (Å²) in [6.45, 7) is 11.9. The van der Waals surface area contributed by atoms with Gasteiger partial charge in [-0.1, -0.05) is 12.1 Å². The number of halogens is 6. The van der Waals surface area contributed by atoms with E-state index in [2.05, 4.69) is 0 Å². The van der Waals surface area contributed by atoms with Gasteiger partial charge in [0.05, 0.1) is 17.2 Å². The largest absolute Gasteiger partial charge is 0.544 e. The Balaban J connectivity index is 2.37. The summed E-state index contributed by atoms with van der Waals surface area (Å²) >= 11 is 0. The summed E-state index contributed by atoms with van der Waals surface area (Å²) in [5, 5.41) is 0. The van der Waals surface area contributed by atoms with Gasteiger partial charge in [0, 0.05) is 19.2 Å². The second kappa shape index (κ2) is 10.6. The summed E-state index contributed by atoms with van der Waals surface area (Å²) in [7, 11) is -2.68. The molecule has 0 N–H and O–H groups in total. The fraction of sp³-hybridized carbons (Fsp3) is 0.458. The molecule has 1 amide bonds. The van der Waals surface area contributed by atoms with E-state index in [0.717, 1.165) is 4.90 Å². The number of carbonyl (C=O) groups excluding carboxylic acids is 1. The van der Waals surface area contributed by atoms with Crippen LogP contribution in [0.4, 0.5) is 26.3 Å². The molecule has 0 aliphatic carbocycles. The first-order valence-electron chi connectivity index (χ1n) is 11.2. The van der Waals surface area contributed by atoms with Gasteiger partial charge in [-0.05, 0) is 75.2 Å². The van der Waals surface area contributed by atoms with E-state index >= 15 is 0 Å². The highest BCUT2D eigenvalue weighted by Crippen LogP contribution is 2.37. The Morgan fingerprint density at radius 1 is 0.833 bits per heavy atom. The van der Waals surface area contributed by atoms with Gasteiger partial charge < -0.3 is 13.8 Å². The van der Waals surface area contributed by atoms with Crippen molar-refractivity contribution >= 4 is 22.5 Å². The van der Waals surface area contributed by atoms with E-state index < -0.39 is 57.7 Å². The molecule has 2 aromatic rings. The summed E-state index contributed by atoms with van der Waals surface area (Å²) in [6.07, 6.45) is -10.7. The normalized spacial score (nSPS) is 13.9. The van der Waals surface area contributed by atoms with E-state index in [-0.39, 0.29) is 12.6 Å². The van der Waals surface area contributed by atoms with Crippen LogP contribution >= 0.6 is 0 Å². The lowest BCUT2D eigenvalue weighted by Crippen LogP contribution is -2.37. The average molecular weight is 552 g/mol. The zero-order valence-corrected chi connectivity index (χ0v) is 23.3. The molecule has 12 heteroatoms. The van der Waals surface area contributed by atoms with E-state index in [1.54, 1.807) is 24.3 Å². The lowest BCUT2D eigenvalue weighted by atomic mass is 10.0. The minimum atomic E-state index is -5.04. The van der Waals surface area contributed by atoms with E-state index in [1.807, 2.05) is 39.3 Å². The minimum Gasteiger partial charge on any atom is -0.544 e. The highest BCUT2D eigenvalue weighted by Gasteiger charge is 2.38. The maximum atomic E-state index is 13.2. The molecular weight excluding hydrogens is 520 g/mol. The molecule has 200 valence electrons. The first-order valence-corrected chi connectivity index (χ1v) is 18.0. The number of alkyl halides is 6. The van der Waals surface area contributed by atoms with E-state index in [1.165, 1.54) is 7.05 Å². The van der Waals surface area contributed by atoms with Gasteiger partial charge >= 0.3 is 12.4 Å². The summed E-state index contributed by atoms with van der Waals surface area (Å²) in [4.78, 5) is 14.1. The van der Waals surface area contributed by atoms with Gasteiger partial charge in [-0.15, -0.1) is 0 Å². The zero-order valence-electron chi connectivity index (χ0n) is 21.3. The maximum Gasteiger partial charge on any atom is 0.416 e. The van der Waals surface area contributed by atoms with Crippen LogP contribution in [-0.2, 0) is 16.8 Å². The van der Waals surface area contributed by atoms with Gasteiger partial charge in [0.2, 0.25) is 8.32 Å². The molecule has 0 radical (unpaired) electrons. The van der Waals surface area contributed by atoms with Crippen LogP contribution in [0.1, 0.15) is 33.2 Å². The fourth-order valence-electron chi connectivity index (χ4n) is 3.37. The molecule has 4 nitrogen and oxygen atoms in total. The fourth-order valence-corrected chi connectivity index (χ4v) is 5.28. The van der Waals surface area contributed by atoms with Crippen LogP contribution in [0.25, 0.3) is 0 Å². The first-order chi connectivity index (χ1) is 16.2. The van der Waals surface area contributed by atoms with E-state index in [4.69, 9.17) is 8.85 Å². The monoisotopic (exact) mass is 551 g/mol. The summed E-state index contributed by atoms with van der Waals surface area (Å²) in [5.41, 5.74) is -3.07. The Kier molecular flexibility index (Phi) is 8.79. The Morgan fingerprint density at radius 2 is 1.31 bits per heavy atom. The third-order valence-corrected chi connectivity index (χ3v) is 6.63. The quantitative estimate of drug-likeness (QED) is 0.250. The Bertz CT molecular complexity index is 1030. The topological polar surface area (TPSA) is 38.8 Å². The highest BCUT2D eigenvalue weighted by molar-refractivity contribution is 6.70. The van der Waals surface area contributed by atoms with Crippen molar-refractivity contribution in [2.45, 2.75) is 57.7 Å². The van der Waals surface area contributed by atoms with Gasteiger partial charge in [0.1, 0.15) is 5.75 Å². The molecule has 0 aliphatic rings. The molecule has 0 saturated carbocycles. The van der Waals surface area contributed by atoms with Crippen molar-refractivity contribution in [2.75, 3.05) is 13.6 Å². The lowest BCUT2D eigenvalue weighted by molar-refractivity contribution is -0.143. The van der Waals surface area contributed by atoms with Gasteiger partial charge in [-0.25, -0.2) is 0 Å². The molecule has 1 atom stereocenters. The molecule has 1 unspecified atom stereocenters. The van der Waals surface area contributed by atoms with Crippen molar-refractivity contribution in [1.29, 1.82) is 0 Å². The van der Waals surface area contributed by atoms with Crippen molar-refractivity contribution < 1.29 is 40.0 Å². The minimum absolute atomic E-state index is 0.00202. The van der Waals surface area contributed by atoms with Crippen LogP contribution in [0.3, 0.4) is 0 Å². The predicted octanol–water partition coefficient (Wildman–Crippen LogP) is 7.60. The smallest absolute Gasteiger partial charge is 0.416 e. The summed E-state index contributed by atoms with van der Waals surface area (Å²) in [6, 6.07) is 7.99. The van der Waals surface area contributed by atoms with Gasteiger partial charge in [-0.2, -0.15) is 26.3 Å². The molecule has 0 spiro atoms. The van der Waals surface area contributed by atoms with Crippen LogP contribution in [0.5, 0.6) is 5.75 Å². The van der Waals surface area contributed by atoms with E-state index in [0.29, 0.717) is 23.4 Å². The van der Waals surface area contributed by atoms with Crippen molar-refractivity contribution in [3.63, 3.8) is 0 Å². The van der Waals surface area contributed by atoms with Crippen LogP contribution in [-0.4, -0.2) is 41.0 Å². The predicted molar refractivity (Wildman–Crippen MR) is 131 cm³/mol. The van der Waals surface area contributed by atoms with Crippen molar-refractivity contribution in [1.82, 2.24) is 4.90 Å². The number of amides is 1. The Morgan fingerprint density at radius 3 is 1.69 bits per heavy atom. The molecule has 0 aromatic heterocycles. The molecule has 36 heavy (non-hydrogen) atoms. The SMILES string of the molecule is CN(CC(O[Si](C)(C)C)c1ccc(O[Si](C)(C)C)cc1)C(=O)c1cc(C(F)(F)F)cc(C(F)(F)F)c1. The van der Waals surface area contributed by atoms with Crippen LogP contribution in [0.2, 0.25) is 39.3 Å². The molecule has 0 bridgehead atoms. The number of hydrogen-bond acceptors (Lipinski definition) is 3. The average Bonchev–Trinajstić information content (AvgIpc) is 2.69. The van der Waals surface area contributed by atoms with Crippen molar-refractivity contribution in [3.05, 3.63) is 64.7 Å². The Hall–Kier alpha value is -2.32. The molecule has 0 fully saturated rings. The maximum absolute atomic E-state index is 13.2. The van der Waals surface area contributed by atoms with Gasteiger partial charge in [0.15, 0.2) is 8.32 Å². The Labute approximate surface area is 209 Å². The molecule has 0 saturated heterocycles. The molecular formula is C24H31F6NO3Si2. The van der Waals surface area contributed by atoms with Gasteiger partial charge in [0.25, 0.3) is 5.91 Å². The molecule has 2 aromatic carbocycles. The van der Waals surface area contributed by atoms with Gasteiger partial charge in [-0.3, -0.25) is 4.79 Å². The van der Waals surface area contributed by atoms with Crippen LogP contribution in [0.15, 0.2) is 42.5 Å². The standard InChI is InChI=1S/C24H31F6NO3Si2/c1-31(22(32)17-12-18(23(25,26)27)14-19(13-17)24(28,29)30)15-21(34-36(5,6)7)16-8-10-20(11-9-16)33-35(2,3)4/h8-14,21H,15H2,1-7H3.